The van der Waals surface area contributed by atoms with Crippen LogP contribution in [-0.4, -0.2) is 37.7 Å². The smallest absolute Gasteiger partial charge is 0.169 e. The van der Waals surface area contributed by atoms with Crippen LogP contribution in [0.15, 0.2) is 18.2 Å². The molecule has 3 nitrogen and oxygen atoms in total. The van der Waals surface area contributed by atoms with Crippen LogP contribution in [0.1, 0.15) is 31.7 Å². The lowest BCUT2D eigenvalue weighted by molar-refractivity contribution is 0.152. The highest BCUT2D eigenvalue weighted by molar-refractivity contribution is 5.31. The molecular weight excluding hydrogens is 255 g/mol. The third-order valence-corrected chi connectivity index (χ3v) is 3.97. The van der Waals surface area contributed by atoms with Crippen molar-refractivity contribution in [3.63, 3.8) is 0 Å². The van der Waals surface area contributed by atoms with E-state index in [0.717, 1.165) is 44.5 Å². The fourth-order valence-corrected chi connectivity index (χ4v) is 2.90. The summed E-state index contributed by atoms with van der Waals surface area (Å²) in [7, 11) is 1.51. The Morgan fingerprint density at radius 2 is 2.10 bits per heavy atom. The molecular formula is C16H25FN2O. The van der Waals surface area contributed by atoms with E-state index in [-0.39, 0.29) is 5.82 Å². The van der Waals surface area contributed by atoms with Crippen molar-refractivity contribution in [1.82, 2.24) is 10.2 Å². The minimum atomic E-state index is -0.218. The van der Waals surface area contributed by atoms with Crippen LogP contribution in [-0.2, 0) is 6.54 Å². The molecule has 0 spiro atoms. The average molecular weight is 280 g/mol. The van der Waals surface area contributed by atoms with Gasteiger partial charge >= 0.3 is 0 Å². The predicted octanol–water partition coefficient (Wildman–Crippen LogP) is 2.80. The van der Waals surface area contributed by atoms with Crippen molar-refractivity contribution in [2.24, 2.45) is 0 Å². The molecule has 1 aromatic rings. The number of nitrogens with one attached hydrogen (secondary N) is 1. The predicted molar refractivity (Wildman–Crippen MR) is 79.5 cm³/mol. The van der Waals surface area contributed by atoms with Crippen molar-refractivity contribution in [3.8, 4) is 5.75 Å². The zero-order valence-corrected chi connectivity index (χ0v) is 12.5. The summed E-state index contributed by atoms with van der Waals surface area (Å²) in [6, 6.07) is 5.96. The zero-order chi connectivity index (χ0) is 14.4. The molecule has 0 bridgehead atoms. The number of rotatable bonds is 6. The lowest BCUT2D eigenvalue weighted by atomic mass is 10.0. The lowest BCUT2D eigenvalue weighted by Crippen LogP contribution is -2.43. The van der Waals surface area contributed by atoms with Crippen LogP contribution in [0.25, 0.3) is 0 Å². The van der Waals surface area contributed by atoms with Crippen LogP contribution >= 0.6 is 0 Å². The van der Waals surface area contributed by atoms with E-state index in [2.05, 4.69) is 17.1 Å². The third kappa shape index (κ3) is 3.70. The fourth-order valence-electron chi connectivity index (χ4n) is 2.90. The molecule has 0 radical (unpaired) electrons. The molecule has 1 aromatic carbocycles. The Balaban J connectivity index is 2.10. The van der Waals surface area contributed by atoms with Crippen molar-refractivity contribution < 1.29 is 9.13 Å². The van der Waals surface area contributed by atoms with Gasteiger partial charge in [-0.15, -0.1) is 0 Å². The summed E-state index contributed by atoms with van der Waals surface area (Å²) in [5.74, 6) is 0.120. The highest BCUT2D eigenvalue weighted by Crippen LogP contribution is 2.23. The van der Waals surface area contributed by atoms with E-state index in [9.17, 15) is 4.39 Å². The van der Waals surface area contributed by atoms with Crippen LogP contribution in [0, 0.1) is 5.82 Å². The molecule has 1 aliphatic rings. The molecule has 112 valence electrons. The first-order valence-corrected chi connectivity index (χ1v) is 7.52. The summed E-state index contributed by atoms with van der Waals surface area (Å²) in [6.07, 6.45) is 3.38. The van der Waals surface area contributed by atoms with E-state index in [1.165, 1.54) is 7.11 Å². The van der Waals surface area contributed by atoms with Gasteiger partial charge < -0.3 is 10.1 Å². The van der Waals surface area contributed by atoms with Crippen LogP contribution in [0.3, 0.4) is 0 Å². The molecule has 0 amide bonds. The fraction of sp³-hybridized carbons (Fsp3) is 0.625. The maximum absolute atomic E-state index is 14.3. The summed E-state index contributed by atoms with van der Waals surface area (Å²) in [5, 5.41) is 3.38. The zero-order valence-electron chi connectivity index (χ0n) is 12.5. The summed E-state index contributed by atoms with van der Waals surface area (Å²) >= 11 is 0. The van der Waals surface area contributed by atoms with Gasteiger partial charge in [0.2, 0.25) is 0 Å². The van der Waals surface area contributed by atoms with Crippen LogP contribution < -0.4 is 10.1 Å². The molecule has 1 N–H and O–H groups in total. The van der Waals surface area contributed by atoms with Crippen LogP contribution in [0.5, 0.6) is 5.75 Å². The second kappa shape index (κ2) is 7.60. The topological polar surface area (TPSA) is 24.5 Å². The van der Waals surface area contributed by atoms with Gasteiger partial charge in [-0.05, 0) is 45.0 Å². The summed E-state index contributed by atoms with van der Waals surface area (Å²) in [5.41, 5.74) is 0.733. The van der Waals surface area contributed by atoms with Gasteiger partial charge in [0.25, 0.3) is 0 Å². The van der Waals surface area contributed by atoms with Crippen LogP contribution in [0.2, 0.25) is 0 Å². The Bertz CT molecular complexity index is 419. The Labute approximate surface area is 121 Å². The van der Waals surface area contributed by atoms with Gasteiger partial charge in [-0.2, -0.15) is 0 Å². The van der Waals surface area contributed by atoms with Crippen molar-refractivity contribution in [2.75, 3.05) is 26.7 Å². The van der Waals surface area contributed by atoms with Gasteiger partial charge in [0.15, 0.2) is 11.6 Å². The normalized spacial score (nSPS) is 16.6. The van der Waals surface area contributed by atoms with Crippen molar-refractivity contribution in [2.45, 2.75) is 38.8 Å². The molecule has 1 aliphatic heterocycles. The number of hydrogen-bond acceptors (Lipinski definition) is 3. The molecule has 4 heteroatoms. The molecule has 1 saturated heterocycles. The molecule has 0 aliphatic carbocycles. The SMILES string of the molecule is CCCN(Cc1cccc(OC)c1F)C1CCNCC1. The standard InChI is InChI=1S/C16H25FN2O/c1-3-11-19(14-7-9-18-10-8-14)12-13-5-4-6-15(20-2)16(13)17/h4-6,14,18H,3,7-12H2,1-2H3. The van der Waals surface area contributed by atoms with Gasteiger partial charge in [-0.25, -0.2) is 4.39 Å². The van der Waals surface area contributed by atoms with Gasteiger partial charge in [0.05, 0.1) is 7.11 Å². The van der Waals surface area contributed by atoms with Crippen molar-refractivity contribution in [3.05, 3.63) is 29.6 Å². The van der Waals surface area contributed by atoms with E-state index in [4.69, 9.17) is 4.74 Å². The maximum atomic E-state index is 14.3. The van der Waals surface area contributed by atoms with Gasteiger partial charge in [-0.3, -0.25) is 4.90 Å². The van der Waals surface area contributed by atoms with Gasteiger partial charge in [-0.1, -0.05) is 19.1 Å². The molecule has 20 heavy (non-hydrogen) atoms. The quantitative estimate of drug-likeness (QED) is 0.867. The number of methoxy groups -OCH3 is 1. The van der Waals surface area contributed by atoms with Crippen molar-refractivity contribution in [1.29, 1.82) is 0 Å². The third-order valence-electron chi connectivity index (χ3n) is 3.97. The Kier molecular flexibility index (Phi) is 5.80. The number of halogens is 1. The number of hydrogen-bond donors (Lipinski definition) is 1. The van der Waals surface area contributed by atoms with E-state index in [1.807, 2.05) is 12.1 Å². The van der Waals surface area contributed by atoms with E-state index >= 15 is 0 Å². The minimum absolute atomic E-state index is 0.218. The molecule has 0 aromatic heterocycles. The highest BCUT2D eigenvalue weighted by atomic mass is 19.1. The second-order valence-electron chi connectivity index (χ2n) is 5.39. The first-order chi connectivity index (χ1) is 9.76. The number of nitrogens with zero attached hydrogens (tertiary/aromatic N) is 1. The van der Waals surface area contributed by atoms with E-state index < -0.39 is 0 Å². The van der Waals surface area contributed by atoms with E-state index in [1.54, 1.807) is 6.07 Å². The summed E-state index contributed by atoms with van der Waals surface area (Å²) in [4.78, 5) is 2.42. The molecule has 0 unspecified atom stereocenters. The molecule has 2 rings (SSSR count). The minimum Gasteiger partial charge on any atom is -0.494 e. The molecule has 0 atom stereocenters. The van der Waals surface area contributed by atoms with Gasteiger partial charge in [0, 0.05) is 18.2 Å². The molecule has 0 saturated carbocycles. The van der Waals surface area contributed by atoms with Crippen LogP contribution in [0.4, 0.5) is 4.39 Å². The lowest BCUT2D eigenvalue weighted by Gasteiger charge is -2.34. The first-order valence-electron chi connectivity index (χ1n) is 7.52. The summed E-state index contributed by atoms with van der Waals surface area (Å²) in [6.45, 7) is 5.98. The maximum Gasteiger partial charge on any atom is 0.169 e. The second-order valence-corrected chi connectivity index (χ2v) is 5.39. The van der Waals surface area contributed by atoms with Gasteiger partial charge in [0.1, 0.15) is 0 Å². The van der Waals surface area contributed by atoms with E-state index in [0.29, 0.717) is 18.3 Å². The largest absolute Gasteiger partial charge is 0.494 e. The Morgan fingerprint density at radius 1 is 1.35 bits per heavy atom. The Morgan fingerprint density at radius 3 is 2.75 bits per heavy atom. The number of benzene rings is 1. The first kappa shape index (κ1) is 15.3. The Hall–Kier alpha value is -1.13. The number of ether oxygens (including phenoxy) is 1. The molecule has 1 heterocycles. The average Bonchev–Trinajstić information content (AvgIpc) is 2.49. The van der Waals surface area contributed by atoms with Crippen molar-refractivity contribution >= 4 is 0 Å². The highest BCUT2D eigenvalue weighted by Gasteiger charge is 2.22. The summed E-state index contributed by atoms with van der Waals surface area (Å²) < 4.78 is 19.3. The molecule has 1 fully saturated rings. The monoisotopic (exact) mass is 280 g/mol. The number of piperidine rings is 1.